The number of anilines is 1. The highest BCUT2D eigenvalue weighted by atomic mass is 16.3. The second kappa shape index (κ2) is 7.61. The number of phenols is 1. The SMILES string of the molecule is CC#Cc1cc(N(C)C)c2c(c1O)C(=O)C1=C(O)[C@]3(O)C(=O)C(C(N)=O)C(O)C[C@@H]3C[C@@H]1C2. The number of aliphatic hydroxyl groups is 3. The Morgan fingerprint density at radius 2 is 1.91 bits per heavy atom. The van der Waals surface area contributed by atoms with Crippen molar-refractivity contribution < 1.29 is 34.8 Å². The highest BCUT2D eigenvalue weighted by Gasteiger charge is 2.62. The number of rotatable bonds is 2. The molecule has 2 unspecified atom stereocenters. The number of carbonyl (C=O) groups excluding carboxylic acids is 3. The molecule has 1 amide bonds. The summed E-state index contributed by atoms with van der Waals surface area (Å²) < 4.78 is 0. The molecule has 9 nitrogen and oxygen atoms in total. The highest BCUT2D eigenvalue weighted by Crippen LogP contribution is 2.52. The van der Waals surface area contributed by atoms with Gasteiger partial charge in [-0.05, 0) is 43.7 Å². The summed E-state index contributed by atoms with van der Waals surface area (Å²) in [4.78, 5) is 40.2. The third-order valence-electron chi connectivity index (χ3n) is 7.11. The number of hydrogen-bond acceptors (Lipinski definition) is 8. The maximum absolute atomic E-state index is 13.6. The molecule has 0 heterocycles. The van der Waals surface area contributed by atoms with E-state index in [1.165, 1.54) is 0 Å². The molecule has 1 fully saturated rings. The van der Waals surface area contributed by atoms with Gasteiger partial charge >= 0.3 is 0 Å². The van der Waals surface area contributed by atoms with Crippen molar-refractivity contribution in [1.82, 2.24) is 0 Å². The molecule has 0 aromatic heterocycles. The average Bonchev–Trinajstić information content (AvgIpc) is 2.72. The van der Waals surface area contributed by atoms with Crippen molar-refractivity contribution in [1.29, 1.82) is 0 Å². The van der Waals surface area contributed by atoms with E-state index in [0.29, 0.717) is 11.3 Å². The number of allylic oxidation sites excluding steroid dienone is 1. The number of aliphatic hydroxyl groups excluding tert-OH is 2. The smallest absolute Gasteiger partial charge is 0.230 e. The van der Waals surface area contributed by atoms with Crippen LogP contribution in [0.4, 0.5) is 5.69 Å². The van der Waals surface area contributed by atoms with Crippen molar-refractivity contribution in [3.8, 4) is 17.6 Å². The van der Waals surface area contributed by atoms with Crippen molar-refractivity contribution in [2.24, 2.45) is 23.5 Å². The fourth-order valence-electron chi connectivity index (χ4n) is 5.60. The van der Waals surface area contributed by atoms with Gasteiger partial charge in [-0.25, -0.2) is 0 Å². The quantitative estimate of drug-likeness (QED) is 0.312. The molecule has 3 aliphatic rings. The molecule has 33 heavy (non-hydrogen) atoms. The van der Waals surface area contributed by atoms with Gasteiger partial charge in [0.25, 0.3) is 0 Å². The minimum atomic E-state index is -2.52. The summed E-state index contributed by atoms with van der Waals surface area (Å²) in [7, 11) is 3.59. The Morgan fingerprint density at radius 1 is 1.24 bits per heavy atom. The second-order valence-corrected chi connectivity index (χ2v) is 9.15. The van der Waals surface area contributed by atoms with Crippen LogP contribution in [0.5, 0.6) is 5.75 Å². The van der Waals surface area contributed by atoms with E-state index in [-0.39, 0.29) is 41.7 Å². The Labute approximate surface area is 190 Å². The molecule has 3 aliphatic carbocycles. The number of amides is 1. The monoisotopic (exact) mass is 454 g/mol. The van der Waals surface area contributed by atoms with Gasteiger partial charge in [-0.3, -0.25) is 14.4 Å². The summed E-state index contributed by atoms with van der Waals surface area (Å²) in [6.07, 6.45) is -1.14. The second-order valence-electron chi connectivity index (χ2n) is 9.15. The molecular weight excluding hydrogens is 428 g/mol. The van der Waals surface area contributed by atoms with Crippen LogP contribution in [0.2, 0.25) is 0 Å². The van der Waals surface area contributed by atoms with Gasteiger partial charge in [-0.2, -0.15) is 0 Å². The number of aromatic hydroxyl groups is 1. The van der Waals surface area contributed by atoms with Gasteiger partial charge in [-0.1, -0.05) is 5.92 Å². The number of nitrogens with two attached hydrogens (primary N) is 1. The number of nitrogens with zero attached hydrogens (tertiary/aromatic N) is 1. The number of fused-ring (bicyclic) bond motifs is 3. The summed E-state index contributed by atoms with van der Waals surface area (Å²) in [6.45, 7) is 1.59. The van der Waals surface area contributed by atoms with Crippen molar-refractivity contribution in [3.05, 3.63) is 34.1 Å². The molecule has 0 spiro atoms. The molecule has 1 saturated carbocycles. The van der Waals surface area contributed by atoms with Crippen molar-refractivity contribution in [3.63, 3.8) is 0 Å². The van der Waals surface area contributed by atoms with Crippen LogP contribution in [-0.2, 0) is 16.0 Å². The number of primary amides is 1. The molecule has 0 bridgehead atoms. The minimum Gasteiger partial charge on any atom is -0.508 e. The maximum atomic E-state index is 13.6. The number of ketones is 2. The molecule has 9 heteroatoms. The Kier molecular flexibility index (Phi) is 5.26. The summed E-state index contributed by atoms with van der Waals surface area (Å²) >= 11 is 0. The van der Waals surface area contributed by atoms with E-state index >= 15 is 0 Å². The first-order chi connectivity index (χ1) is 15.4. The van der Waals surface area contributed by atoms with E-state index in [1.807, 2.05) is 0 Å². The van der Waals surface area contributed by atoms with E-state index in [9.17, 15) is 34.8 Å². The van der Waals surface area contributed by atoms with Gasteiger partial charge in [-0.15, -0.1) is 5.92 Å². The van der Waals surface area contributed by atoms with Gasteiger partial charge in [0.05, 0.1) is 17.2 Å². The summed E-state index contributed by atoms with van der Waals surface area (Å²) in [6, 6.07) is 1.69. The molecule has 6 N–H and O–H groups in total. The summed E-state index contributed by atoms with van der Waals surface area (Å²) in [5.74, 6) is -1.80. The largest absolute Gasteiger partial charge is 0.508 e. The number of benzene rings is 1. The third kappa shape index (κ3) is 3.05. The number of carbonyl (C=O) groups is 3. The zero-order valence-electron chi connectivity index (χ0n) is 18.5. The van der Waals surface area contributed by atoms with E-state index in [1.54, 1.807) is 32.0 Å². The first-order valence-electron chi connectivity index (χ1n) is 10.7. The molecular formula is C24H26N2O7. The van der Waals surface area contributed by atoms with Gasteiger partial charge in [0, 0.05) is 31.3 Å². The molecule has 4 rings (SSSR count). The van der Waals surface area contributed by atoms with Crippen LogP contribution in [0.15, 0.2) is 17.4 Å². The molecule has 0 aliphatic heterocycles. The van der Waals surface area contributed by atoms with E-state index < -0.39 is 52.7 Å². The lowest BCUT2D eigenvalue weighted by Gasteiger charge is -2.48. The first-order valence-corrected chi connectivity index (χ1v) is 10.7. The fraction of sp³-hybridized carbons (Fsp3) is 0.458. The van der Waals surface area contributed by atoms with E-state index in [2.05, 4.69) is 11.8 Å². The lowest BCUT2D eigenvalue weighted by molar-refractivity contribution is -0.167. The molecule has 1 aromatic rings. The third-order valence-corrected chi connectivity index (χ3v) is 7.11. The zero-order chi connectivity index (χ0) is 24.4. The molecule has 0 radical (unpaired) electrons. The molecule has 5 atom stereocenters. The van der Waals surface area contributed by atoms with E-state index in [0.717, 1.165) is 0 Å². The van der Waals surface area contributed by atoms with Crippen LogP contribution in [0.25, 0.3) is 0 Å². The molecule has 1 aromatic carbocycles. The summed E-state index contributed by atoms with van der Waals surface area (Å²) in [5.41, 5.74) is 4.04. The Morgan fingerprint density at radius 3 is 2.48 bits per heavy atom. The number of Topliss-reactive ketones (excluding diaryl/α,β-unsaturated/α-hetero) is 2. The normalized spacial score (nSPS) is 30.6. The number of phenolic OH excluding ortho intramolecular Hbond substituents is 1. The van der Waals surface area contributed by atoms with Crippen LogP contribution in [0.3, 0.4) is 0 Å². The van der Waals surface area contributed by atoms with E-state index in [4.69, 9.17) is 5.73 Å². The molecule has 0 saturated heterocycles. The Bertz CT molecular complexity index is 1190. The highest BCUT2D eigenvalue weighted by molar-refractivity contribution is 6.16. The standard InChI is InChI=1S/C24H26N2O7/c1-4-5-10-8-14(26(2)3)13-7-11-6-12-9-15(27)18(23(25)32)22(31)24(12,33)21(30)16(11)20(29)17(13)19(10)28/h8,11-12,15,18,27-28,30,33H,6-7,9H2,1-3H3,(H2,25,32)/t11-,12+,15?,18?,24+/m1/s1. The lowest BCUT2D eigenvalue weighted by atomic mass is 9.57. The van der Waals surface area contributed by atoms with Gasteiger partial charge in [0.2, 0.25) is 5.91 Å². The summed E-state index contributed by atoms with van der Waals surface area (Å²) in [5, 5.41) is 43.6. The van der Waals surface area contributed by atoms with Crippen LogP contribution in [-0.4, -0.2) is 63.7 Å². The zero-order valence-corrected chi connectivity index (χ0v) is 18.5. The first kappa shape index (κ1) is 22.8. The van der Waals surface area contributed by atoms with Crippen LogP contribution >= 0.6 is 0 Å². The van der Waals surface area contributed by atoms with Crippen LogP contribution < -0.4 is 10.6 Å². The topological polar surface area (TPSA) is 161 Å². The van der Waals surface area contributed by atoms with Gasteiger partial charge in [0.15, 0.2) is 17.2 Å². The van der Waals surface area contributed by atoms with Gasteiger partial charge in [0.1, 0.15) is 17.4 Å². The minimum absolute atomic E-state index is 0.0338. The predicted molar refractivity (Wildman–Crippen MR) is 118 cm³/mol. The van der Waals surface area contributed by atoms with Crippen LogP contribution in [0.1, 0.15) is 41.3 Å². The Balaban J connectivity index is 1.94. The van der Waals surface area contributed by atoms with Crippen LogP contribution in [0, 0.1) is 29.6 Å². The van der Waals surface area contributed by atoms with Gasteiger partial charge < -0.3 is 31.1 Å². The Hall–Kier alpha value is -3.35. The van der Waals surface area contributed by atoms with Crippen molar-refractivity contribution in [2.45, 2.75) is 37.9 Å². The molecule has 174 valence electrons. The fourth-order valence-corrected chi connectivity index (χ4v) is 5.60. The lowest BCUT2D eigenvalue weighted by Crippen LogP contribution is -2.63. The van der Waals surface area contributed by atoms with Crippen molar-refractivity contribution in [2.75, 3.05) is 19.0 Å². The average molecular weight is 454 g/mol. The maximum Gasteiger partial charge on any atom is 0.230 e. The predicted octanol–water partition coefficient (Wildman–Crippen LogP) is 0.183. The number of hydrogen-bond donors (Lipinski definition) is 5. The van der Waals surface area contributed by atoms with Crippen molar-refractivity contribution >= 4 is 23.2 Å².